The highest BCUT2D eigenvalue weighted by Crippen LogP contribution is 2.36. The van der Waals surface area contributed by atoms with Gasteiger partial charge in [0.05, 0.1) is 12.1 Å². The predicted molar refractivity (Wildman–Crippen MR) is 107 cm³/mol. The number of rotatable bonds is 9. The lowest BCUT2D eigenvalue weighted by molar-refractivity contribution is -0.134. The Hall–Kier alpha value is -1.06. The quantitative estimate of drug-likeness (QED) is 0.499. The first-order chi connectivity index (χ1) is 12.5. The first-order valence-electron chi connectivity index (χ1n) is 11.1. The van der Waals surface area contributed by atoms with Crippen molar-refractivity contribution in [2.24, 2.45) is 11.8 Å². The fourth-order valence-corrected chi connectivity index (χ4v) is 4.83. The number of carbonyl (C=O) groups is 2. The zero-order valence-corrected chi connectivity index (χ0v) is 17.5. The molecule has 0 aromatic carbocycles. The molecular weight excluding hydrogens is 324 g/mol. The maximum absolute atomic E-state index is 13.1. The summed E-state index contributed by atoms with van der Waals surface area (Å²) >= 11 is 0. The van der Waals surface area contributed by atoms with Crippen molar-refractivity contribution >= 4 is 11.9 Å². The molecule has 0 aromatic heterocycles. The van der Waals surface area contributed by atoms with Gasteiger partial charge in [-0.2, -0.15) is 0 Å². The van der Waals surface area contributed by atoms with E-state index < -0.39 is 0 Å². The van der Waals surface area contributed by atoms with E-state index in [1.54, 1.807) is 9.80 Å². The van der Waals surface area contributed by atoms with Crippen LogP contribution in [0.4, 0.5) is 4.79 Å². The lowest BCUT2D eigenvalue weighted by atomic mass is 9.81. The van der Waals surface area contributed by atoms with Crippen molar-refractivity contribution in [2.75, 3.05) is 7.05 Å². The van der Waals surface area contributed by atoms with E-state index in [1.807, 2.05) is 14.0 Å². The van der Waals surface area contributed by atoms with Gasteiger partial charge in [0.15, 0.2) is 0 Å². The molecule has 2 aliphatic rings. The van der Waals surface area contributed by atoms with E-state index in [9.17, 15) is 9.59 Å². The Morgan fingerprint density at radius 3 is 2.35 bits per heavy atom. The standard InChI is InChI=1S/C22H40N2O2/c1-5-6-7-8-9-11-14-17(2)21(25)24-20(18(3)23(4)22(24)26)19-15-12-10-13-16-19/h17-20H,5-16H2,1-4H3/t17-,18-,20-/m0/s1. The maximum Gasteiger partial charge on any atom is 0.327 e. The van der Waals surface area contributed by atoms with Crippen molar-refractivity contribution in [3.05, 3.63) is 0 Å². The number of amides is 3. The number of carbonyl (C=O) groups excluding carboxylic acids is 2. The SMILES string of the molecule is CCCCCCCC[C@H](C)C(=O)N1C(=O)N(C)[C@@H](C)[C@H]1C1CCCCC1. The van der Waals surface area contributed by atoms with Crippen molar-refractivity contribution in [3.8, 4) is 0 Å². The zero-order chi connectivity index (χ0) is 19.1. The van der Waals surface area contributed by atoms with Crippen LogP contribution in [0.15, 0.2) is 0 Å². The van der Waals surface area contributed by atoms with Gasteiger partial charge in [-0.15, -0.1) is 0 Å². The van der Waals surface area contributed by atoms with E-state index in [1.165, 1.54) is 51.4 Å². The normalized spacial score (nSPS) is 25.8. The Bertz CT molecular complexity index is 459. The van der Waals surface area contributed by atoms with Crippen LogP contribution >= 0.6 is 0 Å². The number of likely N-dealkylation sites (N-methyl/N-ethyl adjacent to an activating group) is 1. The Morgan fingerprint density at radius 1 is 1.08 bits per heavy atom. The van der Waals surface area contributed by atoms with Crippen LogP contribution in [0.3, 0.4) is 0 Å². The average Bonchev–Trinajstić information content (AvgIpc) is 2.88. The minimum Gasteiger partial charge on any atom is -0.323 e. The number of unbranched alkanes of at least 4 members (excludes halogenated alkanes) is 5. The fourth-order valence-electron chi connectivity index (χ4n) is 4.83. The van der Waals surface area contributed by atoms with Crippen molar-refractivity contribution in [1.82, 2.24) is 9.80 Å². The minimum atomic E-state index is -0.0760. The van der Waals surface area contributed by atoms with Crippen LogP contribution in [0.25, 0.3) is 0 Å². The second kappa shape index (κ2) is 10.3. The summed E-state index contributed by atoms with van der Waals surface area (Å²) in [6.45, 7) is 6.36. The molecule has 4 nitrogen and oxygen atoms in total. The molecule has 0 spiro atoms. The second-order valence-electron chi connectivity index (χ2n) is 8.69. The van der Waals surface area contributed by atoms with Crippen molar-refractivity contribution < 1.29 is 9.59 Å². The smallest absolute Gasteiger partial charge is 0.323 e. The Kier molecular flexibility index (Phi) is 8.43. The molecule has 1 saturated heterocycles. The Balaban J connectivity index is 1.93. The van der Waals surface area contributed by atoms with Gasteiger partial charge in [0, 0.05) is 13.0 Å². The molecule has 0 aromatic rings. The first-order valence-corrected chi connectivity index (χ1v) is 11.1. The number of urea groups is 1. The molecular formula is C22H40N2O2. The van der Waals surface area contributed by atoms with Crippen molar-refractivity contribution in [2.45, 2.75) is 110 Å². The highest BCUT2D eigenvalue weighted by atomic mass is 16.2. The van der Waals surface area contributed by atoms with Gasteiger partial charge in [-0.1, -0.05) is 71.6 Å². The third-order valence-electron chi connectivity index (χ3n) is 6.69. The van der Waals surface area contributed by atoms with Gasteiger partial charge in [-0.05, 0) is 32.1 Å². The minimum absolute atomic E-state index is 0.0464. The van der Waals surface area contributed by atoms with Crippen LogP contribution in [0.2, 0.25) is 0 Å². The summed E-state index contributed by atoms with van der Waals surface area (Å²) in [5.41, 5.74) is 0. The largest absolute Gasteiger partial charge is 0.327 e. The molecule has 4 heteroatoms. The highest BCUT2D eigenvalue weighted by molar-refractivity contribution is 5.97. The van der Waals surface area contributed by atoms with Gasteiger partial charge in [-0.25, -0.2) is 4.79 Å². The maximum atomic E-state index is 13.1. The summed E-state index contributed by atoms with van der Waals surface area (Å²) in [5.74, 6) is 0.503. The van der Waals surface area contributed by atoms with E-state index in [4.69, 9.17) is 0 Å². The topological polar surface area (TPSA) is 40.6 Å². The van der Waals surface area contributed by atoms with Gasteiger partial charge >= 0.3 is 6.03 Å². The third kappa shape index (κ3) is 5.01. The predicted octanol–water partition coefficient (Wildman–Crippen LogP) is 5.60. The molecule has 3 amide bonds. The fraction of sp³-hybridized carbons (Fsp3) is 0.909. The van der Waals surface area contributed by atoms with Crippen LogP contribution in [-0.4, -0.2) is 40.9 Å². The summed E-state index contributed by atoms with van der Waals surface area (Å²) in [7, 11) is 1.86. The van der Waals surface area contributed by atoms with Gasteiger partial charge in [0.1, 0.15) is 0 Å². The van der Waals surface area contributed by atoms with E-state index in [2.05, 4.69) is 13.8 Å². The van der Waals surface area contributed by atoms with Crippen LogP contribution in [0.5, 0.6) is 0 Å². The molecule has 1 aliphatic carbocycles. The summed E-state index contributed by atoms with van der Waals surface area (Å²) in [4.78, 5) is 29.4. The molecule has 150 valence electrons. The summed E-state index contributed by atoms with van der Waals surface area (Å²) < 4.78 is 0. The number of imide groups is 1. The van der Waals surface area contributed by atoms with Gasteiger partial charge in [0.2, 0.25) is 5.91 Å². The lowest BCUT2D eigenvalue weighted by Crippen LogP contribution is -2.47. The molecule has 0 radical (unpaired) electrons. The Morgan fingerprint density at radius 2 is 1.69 bits per heavy atom. The van der Waals surface area contributed by atoms with E-state index in [-0.39, 0.29) is 29.9 Å². The molecule has 0 bridgehead atoms. The molecule has 3 atom stereocenters. The summed E-state index contributed by atoms with van der Waals surface area (Å²) in [6, 6.07) is 0.135. The van der Waals surface area contributed by atoms with Gasteiger partial charge in [0.25, 0.3) is 0 Å². The number of hydrogen-bond acceptors (Lipinski definition) is 2. The first kappa shape index (κ1) is 21.2. The average molecular weight is 365 g/mol. The van der Waals surface area contributed by atoms with E-state index in [0.29, 0.717) is 5.92 Å². The van der Waals surface area contributed by atoms with Crippen LogP contribution in [0, 0.1) is 11.8 Å². The van der Waals surface area contributed by atoms with Crippen molar-refractivity contribution in [3.63, 3.8) is 0 Å². The monoisotopic (exact) mass is 364 g/mol. The van der Waals surface area contributed by atoms with Gasteiger partial charge < -0.3 is 4.90 Å². The number of nitrogens with zero attached hydrogens (tertiary/aromatic N) is 2. The second-order valence-corrected chi connectivity index (χ2v) is 8.69. The Labute approximate surface area is 160 Å². The highest BCUT2D eigenvalue weighted by Gasteiger charge is 2.48. The molecule has 0 N–H and O–H groups in total. The molecule has 1 heterocycles. The lowest BCUT2D eigenvalue weighted by Gasteiger charge is -2.35. The summed E-state index contributed by atoms with van der Waals surface area (Å²) in [6.07, 6.45) is 14.4. The molecule has 26 heavy (non-hydrogen) atoms. The molecule has 2 fully saturated rings. The van der Waals surface area contributed by atoms with Gasteiger partial charge in [-0.3, -0.25) is 9.69 Å². The molecule has 1 saturated carbocycles. The third-order valence-corrected chi connectivity index (χ3v) is 6.69. The van der Waals surface area contributed by atoms with E-state index in [0.717, 1.165) is 25.7 Å². The van der Waals surface area contributed by atoms with Crippen LogP contribution in [0.1, 0.15) is 97.8 Å². The zero-order valence-electron chi connectivity index (χ0n) is 17.5. The molecule has 0 unspecified atom stereocenters. The summed E-state index contributed by atoms with van der Waals surface area (Å²) in [5, 5.41) is 0. The van der Waals surface area contributed by atoms with E-state index >= 15 is 0 Å². The van der Waals surface area contributed by atoms with Crippen molar-refractivity contribution in [1.29, 1.82) is 0 Å². The van der Waals surface area contributed by atoms with Crippen LogP contribution < -0.4 is 0 Å². The van der Waals surface area contributed by atoms with Crippen LogP contribution in [-0.2, 0) is 4.79 Å². The molecule has 1 aliphatic heterocycles. The number of hydrogen-bond donors (Lipinski definition) is 0. The molecule has 2 rings (SSSR count).